The van der Waals surface area contributed by atoms with E-state index in [1.165, 1.54) is 12.1 Å². The average Bonchev–Trinajstić information content (AvgIpc) is 2.52. The molecule has 0 bridgehead atoms. The minimum Gasteiger partial charge on any atom is -0.379 e. The molecule has 0 aromatic heterocycles. The smallest absolute Gasteiger partial charge is 0.251 e. The summed E-state index contributed by atoms with van der Waals surface area (Å²) in [6.07, 6.45) is 1.14. The Morgan fingerprint density at radius 1 is 1.35 bits per heavy atom. The monoisotopic (exact) mass is 340 g/mol. The number of benzene rings is 1. The highest BCUT2D eigenvalue weighted by Gasteiger charge is 2.19. The summed E-state index contributed by atoms with van der Waals surface area (Å²) in [4.78, 5) is 14.8. The van der Waals surface area contributed by atoms with E-state index in [0.29, 0.717) is 25.3 Å². The summed E-state index contributed by atoms with van der Waals surface area (Å²) >= 11 is 0. The van der Waals surface area contributed by atoms with Crippen LogP contribution in [-0.4, -0.2) is 64.4 Å². The van der Waals surface area contributed by atoms with Crippen LogP contribution in [0.25, 0.3) is 0 Å². The summed E-state index contributed by atoms with van der Waals surface area (Å²) < 4.78 is 28.6. The maximum atomic E-state index is 12.4. The van der Waals surface area contributed by atoms with Crippen molar-refractivity contribution in [2.24, 2.45) is 0 Å². The van der Waals surface area contributed by atoms with Crippen LogP contribution in [0.5, 0.6) is 0 Å². The van der Waals surface area contributed by atoms with Crippen LogP contribution in [-0.2, 0) is 14.6 Å². The first kappa shape index (κ1) is 17.9. The van der Waals surface area contributed by atoms with Gasteiger partial charge < -0.3 is 10.1 Å². The summed E-state index contributed by atoms with van der Waals surface area (Å²) in [5.74, 6) is -0.242. The molecule has 23 heavy (non-hydrogen) atoms. The number of carbonyl (C=O) groups excluding carboxylic acids is 1. The molecule has 7 heteroatoms. The zero-order valence-electron chi connectivity index (χ0n) is 13.8. The van der Waals surface area contributed by atoms with Crippen molar-refractivity contribution in [3.63, 3.8) is 0 Å². The van der Waals surface area contributed by atoms with Crippen molar-refractivity contribution >= 4 is 15.7 Å². The van der Waals surface area contributed by atoms with Crippen LogP contribution in [0.1, 0.15) is 22.8 Å². The van der Waals surface area contributed by atoms with E-state index in [1.54, 1.807) is 13.0 Å². The Hall–Kier alpha value is -1.44. The molecule has 0 saturated carbocycles. The van der Waals surface area contributed by atoms with Gasteiger partial charge in [0.25, 0.3) is 5.91 Å². The molecule has 1 aliphatic rings. The van der Waals surface area contributed by atoms with Crippen molar-refractivity contribution in [3.05, 3.63) is 29.3 Å². The van der Waals surface area contributed by atoms with Crippen molar-refractivity contribution < 1.29 is 17.9 Å². The number of carbonyl (C=O) groups is 1. The number of nitrogens with one attached hydrogen (secondary N) is 1. The molecule has 1 aromatic carbocycles. The van der Waals surface area contributed by atoms with Gasteiger partial charge in [-0.3, -0.25) is 9.69 Å². The lowest BCUT2D eigenvalue weighted by molar-refractivity contribution is 0.0204. The van der Waals surface area contributed by atoms with E-state index >= 15 is 0 Å². The highest BCUT2D eigenvalue weighted by atomic mass is 32.2. The summed E-state index contributed by atoms with van der Waals surface area (Å²) in [7, 11) is -3.33. The van der Waals surface area contributed by atoms with E-state index in [2.05, 4.69) is 17.1 Å². The van der Waals surface area contributed by atoms with E-state index in [1.807, 2.05) is 0 Å². The summed E-state index contributed by atoms with van der Waals surface area (Å²) in [6.45, 7) is 7.53. The first-order chi connectivity index (χ1) is 10.8. The SMILES string of the molecule is Cc1ccc(S(C)(=O)=O)cc1C(=O)NCC(C)N1CCOCC1. The molecule has 0 radical (unpaired) electrons. The number of amides is 1. The molecule has 1 atom stereocenters. The van der Waals surface area contributed by atoms with Gasteiger partial charge in [0.05, 0.1) is 18.1 Å². The van der Waals surface area contributed by atoms with Crippen LogP contribution in [0.3, 0.4) is 0 Å². The molecule has 1 N–H and O–H groups in total. The van der Waals surface area contributed by atoms with Crippen molar-refractivity contribution in [2.45, 2.75) is 24.8 Å². The second-order valence-corrected chi connectivity index (χ2v) is 7.97. The average molecular weight is 340 g/mol. The predicted molar refractivity (Wildman–Crippen MR) is 88.5 cm³/mol. The van der Waals surface area contributed by atoms with Crippen LogP contribution < -0.4 is 5.32 Å². The van der Waals surface area contributed by atoms with Crippen LogP contribution in [0.15, 0.2) is 23.1 Å². The molecule has 128 valence electrons. The zero-order valence-corrected chi connectivity index (χ0v) is 14.6. The summed E-state index contributed by atoms with van der Waals surface area (Å²) in [5.41, 5.74) is 1.16. The van der Waals surface area contributed by atoms with Crippen molar-refractivity contribution in [3.8, 4) is 0 Å². The summed E-state index contributed by atoms with van der Waals surface area (Å²) in [5, 5.41) is 2.90. The fourth-order valence-electron chi connectivity index (χ4n) is 2.56. The van der Waals surface area contributed by atoms with Crippen LogP contribution in [0.4, 0.5) is 0 Å². The first-order valence-corrected chi connectivity index (χ1v) is 9.59. The second-order valence-electron chi connectivity index (χ2n) is 5.96. The standard InChI is InChI=1S/C16H24N2O4S/c1-12-4-5-14(23(3,20)21)10-15(12)16(19)17-11-13(2)18-6-8-22-9-7-18/h4-5,10,13H,6-9,11H2,1-3H3,(H,17,19). The van der Waals surface area contributed by atoms with Gasteiger partial charge >= 0.3 is 0 Å². The molecule has 0 aliphatic carbocycles. The fourth-order valence-corrected chi connectivity index (χ4v) is 3.21. The van der Waals surface area contributed by atoms with Gasteiger partial charge in [-0.05, 0) is 31.5 Å². The Morgan fingerprint density at radius 3 is 2.61 bits per heavy atom. The molecular formula is C16H24N2O4S. The molecule has 1 heterocycles. The zero-order chi connectivity index (χ0) is 17.0. The lowest BCUT2D eigenvalue weighted by Crippen LogP contribution is -2.47. The van der Waals surface area contributed by atoms with Gasteiger partial charge in [0, 0.05) is 37.5 Å². The molecule has 1 fully saturated rings. The van der Waals surface area contributed by atoms with Gasteiger partial charge in [-0.2, -0.15) is 0 Å². The van der Waals surface area contributed by atoms with E-state index < -0.39 is 9.84 Å². The molecule has 1 unspecified atom stereocenters. The molecule has 0 spiro atoms. The topological polar surface area (TPSA) is 75.7 Å². The Bertz CT molecular complexity index is 667. The Labute approximate surface area is 137 Å². The highest BCUT2D eigenvalue weighted by molar-refractivity contribution is 7.90. The number of sulfone groups is 1. The highest BCUT2D eigenvalue weighted by Crippen LogP contribution is 2.15. The maximum Gasteiger partial charge on any atom is 0.251 e. The van der Waals surface area contributed by atoms with Gasteiger partial charge in [-0.25, -0.2) is 8.42 Å². The molecule has 1 amide bonds. The molecule has 1 aromatic rings. The van der Waals surface area contributed by atoms with E-state index in [0.717, 1.165) is 24.9 Å². The second kappa shape index (κ2) is 7.42. The third-order valence-corrected chi connectivity index (χ3v) is 5.22. The molecule has 1 saturated heterocycles. The first-order valence-electron chi connectivity index (χ1n) is 7.70. The number of aryl methyl sites for hydroxylation is 1. The quantitative estimate of drug-likeness (QED) is 0.860. The molecule has 1 aliphatic heterocycles. The number of hydrogen-bond donors (Lipinski definition) is 1. The van der Waals surface area contributed by atoms with E-state index in [9.17, 15) is 13.2 Å². The number of morpholine rings is 1. The Morgan fingerprint density at radius 2 is 2.00 bits per heavy atom. The van der Waals surface area contributed by atoms with Crippen molar-refractivity contribution in [2.75, 3.05) is 39.1 Å². The number of hydrogen-bond acceptors (Lipinski definition) is 5. The molecule has 6 nitrogen and oxygen atoms in total. The fraction of sp³-hybridized carbons (Fsp3) is 0.562. The predicted octanol–water partition coefficient (Wildman–Crippen LogP) is 0.849. The minimum atomic E-state index is -3.33. The van der Waals surface area contributed by atoms with Crippen molar-refractivity contribution in [1.29, 1.82) is 0 Å². The van der Waals surface area contributed by atoms with Gasteiger partial charge in [0.1, 0.15) is 0 Å². The summed E-state index contributed by atoms with van der Waals surface area (Å²) in [6, 6.07) is 4.84. The normalized spacial score (nSPS) is 17.7. The third-order valence-electron chi connectivity index (χ3n) is 4.11. The lowest BCUT2D eigenvalue weighted by Gasteiger charge is -2.32. The molecule has 2 rings (SSSR count). The lowest BCUT2D eigenvalue weighted by atomic mass is 10.1. The number of nitrogens with zero attached hydrogens (tertiary/aromatic N) is 1. The van der Waals surface area contributed by atoms with Gasteiger partial charge in [-0.15, -0.1) is 0 Å². The van der Waals surface area contributed by atoms with E-state index in [4.69, 9.17) is 4.74 Å². The number of rotatable bonds is 5. The Balaban J connectivity index is 2.02. The Kier molecular flexibility index (Phi) is 5.78. The number of ether oxygens (including phenoxy) is 1. The third kappa shape index (κ3) is 4.76. The van der Waals surface area contributed by atoms with Crippen molar-refractivity contribution in [1.82, 2.24) is 10.2 Å². The minimum absolute atomic E-state index is 0.162. The van der Waals surface area contributed by atoms with Crippen LogP contribution >= 0.6 is 0 Å². The van der Waals surface area contributed by atoms with Gasteiger partial charge in [0.15, 0.2) is 9.84 Å². The van der Waals surface area contributed by atoms with Crippen LogP contribution in [0.2, 0.25) is 0 Å². The van der Waals surface area contributed by atoms with Crippen LogP contribution in [0, 0.1) is 6.92 Å². The molecular weight excluding hydrogens is 316 g/mol. The van der Waals surface area contributed by atoms with E-state index in [-0.39, 0.29) is 16.8 Å². The maximum absolute atomic E-state index is 12.4. The van der Waals surface area contributed by atoms with Gasteiger partial charge in [0.2, 0.25) is 0 Å². The van der Waals surface area contributed by atoms with Gasteiger partial charge in [-0.1, -0.05) is 6.07 Å². The largest absolute Gasteiger partial charge is 0.379 e.